The minimum absolute atomic E-state index is 0.342. The Bertz CT molecular complexity index is 249. The zero-order chi connectivity index (χ0) is 14.6. The molecule has 1 rings (SSSR count). The number of nitrogens with zero attached hydrogens (tertiary/aromatic N) is 1. The third kappa shape index (κ3) is 7.88. The van der Waals surface area contributed by atoms with E-state index >= 15 is 0 Å². The molecule has 1 saturated heterocycles. The van der Waals surface area contributed by atoms with Crippen molar-refractivity contribution < 1.29 is 4.79 Å². The lowest BCUT2D eigenvalue weighted by molar-refractivity contribution is -0.130. The SMILES string of the molecule is CCCCCCCCC(=O)N(C)CCC1CCNCC1. The van der Waals surface area contributed by atoms with Crippen molar-refractivity contribution in [3.63, 3.8) is 0 Å². The summed E-state index contributed by atoms with van der Waals surface area (Å²) in [6, 6.07) is 0. The maximum absolute atomic E-state index is 12.0. The van der Waals surface area contributed by atoms with Gasteiger partial charge < -0.3 is 10.2 Å². The lowest BCUT2D eigenvalue weighted by Gasteiger charge is -2.25. The number of carbonyl (C=O) groups excluding carboxylic acids is 1. The van der Waals surface area contributed by atoms with Crippen LogP contribution in [0.1, 0.15) is 71.1 Å². The first-order chi connectivity index (χ1) is 9.74. The highest BCUT2D eigenvalue weighted by atomic mass is 16.2. The second kappa shape index (κ2) is 11.1. The van der Waals surface area contributed by atoms with Crippen molar-refractivity contribution in [3.8, 4) is 0 Å². The lowest BCUT2D eigenvalue weighted by Crippen LogP contribution is -2.32. The second-order valence-corrected chi connectivity index (χ2v) is 6.32. The molecule has 1 aliphatic rings. The summed E-state index contributed by atoms with van der Waals surface area (Å²) < 4.78 is 0. The predicted molar refractivity (Wildman–Crippen MR) is 85.8 cm³/mol. The Labute approximate surface area is 125 Å². The molecular weight excluding hydrogens is 248 g/mol. The minimum Gasteiger partial charge on any atom is -0.346 e. The number of rotatable bonds is 10. The summed E-state index contributed by atoms with van der Waals surface area (Å²) >= 11 is 0. The van der Waals surface area contributed by atoms with Crippen LogP contribution < -0.4 is 5.32 Å². The molecule has 1 fully saturated rings. The van der Waals surface area contributed by atoms with Gasteiger partial charge in [-0.15, -0.1) is 0 Å². The molecule has 1 amide bonds. The maximum atomic E-state index is 12.0. The van der Waals surface area contributed by atoms with Crippen LogP contribution in [-0.2, 0) is 4.79 Å². The van der Waals surface area contributed by atoms with Crippen LogP contribution in [0.4, 0.5) is 0 Å². The zero-order valence-corrected chi connectivity index (χ0v) is 13.6. The number of unbranched alkanes of at least 4 members (excludes halogenated alkanes) is 5. The summed E-state index contributed by atoms with van der Waals surface area (Å²) in [6.07, 6.45) is 12.0. The third-order valence-corrected chi connectivity index (χ3v) is 4.50. The van der Waals surface area contributed by atoms with E-state index in [-0.39, 0.29) is 0 Å². The molecule has 1 aliphatic heterocycles. The van der Waals surface area contributed by atoms with Crippen LogP contribution in [0.15, 0.2) is 0 Å². The molecule has 3 heteroatoms. The zero-order valence-electron chi connectivity index (χ0n) is 13.6. The Balaban J connectivity index is 2.00. The van der Waals surface area contributed by atoms with Gasteiger partial charge in [-0.05, 0) is 44.7 Å². The average molecular weight is 282 g/mol. The largest absolute Gasteiger partial charge is 0.346 e. The Morgan fingerprint density at radius 1 is 1.10 bits per heavy atom. The van der Waals surface area contributed by atoms with E-state index in [1.165, 1.54) is 51.4 Å². The van der Waals surface area contributed by atoms with Gasteiger partial charge in [-0.3, -0.25) is 4.79 Å². The summed E-state index contributed by atoms with van der Waals surface area (Å²) in [4.78, 5) is 14.0. The van der Waals surface area contributed by atoms with E-state index in [9.17, 15) is 4.79 Å². The van der Waals surface area contributed by atoms with Crippen molar-refractivity contribution in [3.05, 3.63) is 0 Å². The van der Waals surface area contributed by atoms with Gasteiger partial charge in [0.25, 0.3) is 0 Å². The standard InChI is InChI=1S/C17H34N2O/c1-3-4-5-6-7-8-9-17(20)19(2)15-12-16-10-13-18-14-11-16/h16,18H,3-15H2,1-2H3. The van der Waals surface area contributed by atoms with Gasteiger partial charge in [0.1, 0.15) is 0 Å². The van der Waals surface area contributed by atoms with E-state index in [1.54, 1.807) is 0 Å². The maximum Gasteiger partial charge on any atom is 0.222 e. The van der Waals surface area contributed by atoms with Crippen LogP contribution in [0, 0.1) is 5.92 Å². The molecule has 0 aliphatic carbocycles. The van der Waals surface area contributed by atoms with Crippen LogP contribution >= 0.6 is 0 Å². The number of hydrogen-bond donors (Lipinski definition) is 1. The van der Waals surface area contributed by atoms with Gasteiger partial charge in [0.05, 0.1) is 0 Å². The van der Waals surface area contributed by atoms with E-state index in [4.69, 9.17) is 0 Å². The Kier molecular flexibility index (Phi) is 9.73. The quantitative estimate of drug-likeness (QED) is 0.621. The molecule has 0 atom stereocenters. The van der Waals surface area contributed by atoms with E-state index < -0.39 is 0 Å². The van der Waals surface area contributed by atoms with Gasteiger partial charge in [0, 0.05) is 20.0 Å². The molecule has 0 aromatic carbocycles. The number of amides is 1. The molecule has 1 heterocycles. The Morgan fingerprint density at radius 2 is 1.75 bits per heavy atom. The van der Waals surface area contributed by atoms with Crippen LogP contribution in [0.25, 0.3) is 0 Å². The highest BCUT2D eigenvalue weighted by Crippen LogP contribution is 2.16. The normalized spacial score (nSPS) is 16.3. The molecule has 3 nitrogen and oxygen atoms in total. The first kappa shape index (κ1) is 17.5. The fraction of sp³-hybridized carbons (Fsp3) is 0.941. The lowest BCUT2D eigenvalue weighted by atomic mass is 9.94. The molecule has 0 radical (unpaired) electrons. The molecule has 118 valence electrons. The number of hydrogen-bond acceptors (Lipinski definition) is 2. The first-order valence-corrected chi connectivity index (χ1v) is 8.68. The minimum atomic E-state index is 0.342. The second-order valence-electron chi connectivity index (χ2n) is 6.32. The van der Waals surface area contributed by atoms with Gasteiger partial charge in [0.15, 0.2) is 0 Å². The summed E-state index contributed by atoms with van der Waals surface area (Å²) in [5.41, 5.74) is 0. The van der Waals surface area contributed by atoms with E-state index in [0.29, 0.717) is 5.91 Å². The molecule has 0 aromatic rings. The van der Waals surface area contributed by atoms with Crippen molar-refractivity contribution in [2.24, 2.45) is 5.92 Å². The van der Waals surface area contributed by atoms with Crippen LogP contribution in [0.2, 0.25) is 0 Å². The summed E-state index contributed by atoms with van der Waals surface area (Å²) in [7, 11) is 1.97. The Morgan fingerprint density at radius 3 is 2.45 bits per heavy atom. The number of carbonyl (C=O) groups is 1. The Hall–Kier alpha value is -0.570. The van der Waals surface area contributed by atoms with Gasteiger partial charge in [-0.25, -0.2) is 0 Å². The molecule has 20 heavy (non-hydrogen) atoms. The predicted octanol–water partition coefficient (Wildman–Crippen LogP) is 3.59. The van der Waals surface area contributed by atoms with Crippen molar-refractivity contribution in [1.82, 2.24) is 10.2 Å². The monoisotopic (exact) mass is 282 g/mol. The van der Waals surface area contributed by atoms with Crippen molar-refractivity contribution in [2.75, 3.05) is 26.7 Å². The van der Waals surface area contributed by atoms with E-state index in [1.807, 2.05) is 11.9 Å². The molecule has 0 spiro atoms. The molecule has 1 N–H and O–H groups in total. The van der Waals surface area contributed by atoms with Crippen LogP contribution in [0.3, 0.4) is 0 Å². The number of nitrogens with one attached hydrogen (secondary N) is 1. The first-order valence-electron chi connectivity index (χ1n) is 8.68. The van der Waals surface area contributed by atoms with Crippen molar-refractivity contribution in [1.29, 1.82) is 0 Å². The van der Waals surface area contributed by atoms with Gasteiger partial charge in [0.2, 0.25) is 5.91 Å². The van der Waals surface area contributed by atoms with Gasteiger partial charge in [-0.2, -0.15) is 0 Å². The topological polar surface area (TPSA) is 32.3 Å². The smallest absolute Gasteiger partial charge is 0.222 e. The molecule has 0 unspecified atom stereocenters. The highest BCUT2D eigenvalue weighted by Gasteiger charge is 2.15. The van der Waals surface area contributed by atoms with Crippen LogP contribution in [0.5, 0.6) is 0 Å². The fourth-order valence-electron chi connectivity index (χ4n) is 2.92. The molecule has 0 saturated carbocycles. The number of piperidine rings is 1. The average Bonchev–Trinajstić information content (AvgIpc) is 2.49. The van der Waals surface area contributed by atoms with Crippen LogP contribution in [-0.4, -0.2) is 37.5 Å². The van der Waals surface area contributed by atoms with E-state index in [0.717, 1.165) is 38.4 Å². The third-order valence-electron chi connectivity index (χ3n) is 4.50. The molecule has 0 aromatic heterocycles. The summed E-state index contributed by atoms with van der Waals surface area (Å²) in [6.45, 7) is 5.49. The summed E-state index contributed by atoms with van der Waals surface area (Å²) in [5, 5.41) is 3.39. The molecular formula is C17H34N2O. The highest BCUT2D eigenvalue weighted by molar-refractivity contribution is 5.75. The molecule has 0 bridgehead atoms. The van der Waals surface area contributed by atoms with Crippen molar-refractivity contribution in [2.45, 2.75) is 71.1 Å². The fourth-order valence-corrected chi connectivity index (χ4v) is 2.92. The van der Waals surface area contributed by atoms with Gasteiger partial charge in [-0.1, -0.05) is 39.0 Å². The van der Waals surface area contributed by atoms with Crippen molar-refractivity contribution >= 4 is 5.91 Å². The summed E-state index contributed by atoms with van der Waals surface area (Å²) in [5.74, 6) is 1.16. The van der Waals surface area contributed by atoms with Gasteiger partial charge >= 0.3 is 0 Å². The van der Waals surface area contributed by atoms with E-state index in [2.05, 4.69) is 12.2 Å².